The smallest absolute Gasteiger partial charge is 0.185 e. The lowest BCUT2D eigenvalue weighted by atomic mass is 10.1. The summed E-state index contributed by atoms with van der Waals surface area (Å²) < 4.78 is 38.3. The average molecular weight is 189 g/mol. The third kappa shape index (κ3) is 1.49. The molecule has 0 radical (unpaired) electrons. The molecule has 0 saturated carbocycles. The highest BCUT2D eigenvalue weighted by Crippen LogP contribution is 2.21. The van der Waals surface area contributed by atoms with Crippen molar-refractivity contribution >= 4 is 11.5 Å². The number of halogens is 3. The van der Waals surface area contributed by atoms with Gasteiger partial charge in [0, 0.05) is 0 Å². The van der Waals surface area contributed by atoms with Gasteiger partial charge < -0.3 is 5.73 Å². The Morgan fingerprint density at radius 1 is 1.31 bits per heavy atom. The molecule has 0 unspecified atom stereocenters. The van der Waals surface area contributed by atoms with Crippen LogP contribution in [0.1, 0.15) is 17.3 Å². The van der Waals surface area contributed by atoms with Gasteiger partial charge in [-0.05, 0) is 13.0 Å². The second-order valence-corrected chi connectivity index (χ2v) is 2.50. The van der Waals surface area contributed by atoms with E-state index in [0.29, 0.717) is 6.07 Å². The van der Waals surface area contributed by atoms with Crippen LogP contribution in [0.4, 0.5) is 18.9 Å². The minimum Gasteiger partial charge on any atom is -0.394 e. The molecule has 0 atom stereocenters. The normalized spacial score (nSPS) is 10.2. The van der Waals surface area contributed by atoms with Gasteiger partial charge in [-0.1, -0.05) is 0 Å². The molecule has 0 aliphatic carbocycles. The summed E-state index contributed by atoms with van der Waals surface area (Å²) in [6.07, 6.45) is 0. The lowest BCUT2D eigenvalue weighted by Gasteiger charge is -2.03. The van der Waals surface area contributed by atoms with Crippen LogP contribution in [0.5, 0.6) is 0 Å². The standard InChI is InChI=1S/C8H6F3NO/c1-3(13)4-2-5(9)8(12)7(11)6(4)10/h2H,12H2,1H3. The second-order valence-electron chi connectivity index (χ2n) is 2.50. The SMILES string of the molecule is CC(=O)c1cc(F)c(N)c(F)c1F. The van der Waals surface area contributed by atoms with Gasteiger partial charge in [0.15, 0.2) is 17.4 Å². The van der Waals surface area contributed by atoms with Gasteiger partial charge in [0.05, 0.1) is 5.56 Å². The number of nitrogen functional groups attached to an aromatic ring is 1. The number of anilines is 1. The van der Waals surface area contributed by atoms with Crippen molar-refractivity contribution in [3.8, 4) is 0 Å². The van der Waals surface area contributed by atoms with Crippen LogP contribution >= 0.6 is 0 Å². The number of ketones is 1. The van der Waals surface area contributed by atoms with Crippen molar-refractivity contribution in [1.82, 2.24) is 0 Å². The summed E-state index contributed by atoms with van der Waals surface area (Å²) in [7, 11) is 0. The van der Waals surface area contributed by atoms with Crippen molar-refractivity contribution in [2.45, 2.75) is 6.92 Å². The van der Waals surface area contributed by atoms with E-state index < -0.39 is 34.5 Å². The average Bonchev–Trinajstić information content (AvgIpc) is 2.07. The van der Waals surface area contributed by atoms with Crippen LogP contribution in [0.15, 0.2) is 6.07 Å². The van der Waals surface area contributed by atoms with E-state index in [-0.39, 0.29) is 0 Å². The molecule has 0 aromatic heterocycles. The number of nitrogens with two attached hydrogens (primary N) is 1. The van der Waals surface area contributed by atoms with Gasteiger partial charge in [-0.15, -0.1) is 0 Å². The highest BCUT2D eigenvalue weighted by atomic mass is 19.2. The predicted molar refractivity (Wildman–Crippen MR) is 40.7 cm³/mol. The molecule has 0 bridgehead atoms. The van der Waals surface area contributed by atoms with Gasteiger partial charge in [0.25, 0.3) is 0 Å². The molecule has 0 fully saturated rings. The van der Waals surface area contributed by atoms with E-state index in [2.05, 4.69) is 0 Å². The molecule has 2 nitrogen and oxygen atoms in total. The fourth-order valence-corrected chi connectivity index (χ4v) is 0.865. The zero-order valence-electron chi connectivity index (χ0n) is 6.70. The summed E-state index contributed by atoms with van der Waals surface area (Å²) in [5.74, 6) is -4.82. The van der Waals surface area contributed by atoms with Gasteiger partial charge in [0.1, 0.15) is 11.5 Å². The lowest BCUT2D eigenvalue weighted by molar-refractivity contribution is 0.101. The van der Waals surface area contributed by atoms with E-state index in [4.69, 9.17) is 5.73 Å². The van der Waals surface area contributed by atoms with Crippen molar-refractivity contribution < 1.29 is 18.0 Å². The summed E-state index contributed by atoms with van der Waals surface area (Å²) in [5.41, 5.74) is 3.30. The molecule has 0 aliphatic rings. The molecule has 1 aromatic carbocycles. The molecule has 0 saturated heterocycles. The first-order valence-corrected chi connectivity index (χ1v) is 3.39. The number of hydrogen-bond donors (Lipinski definition) is 1. The first-order chi connectivity index (χ1) is 5.95. The molecular formula is C8H6F3NO. The van der Waals surface area contributed by atoms with Gasteiger partial charge in [-0.3, -0.25) is 4.79 Å². The van der Waals surface area contributed by atoms with Crippen molar-refractivity contribution in [2.75, 3.05) is 5.73 Å². The molecular weight excluding hydrogens is 183 g/mol. The third-order valence-corrected chi connectivity index (χ3v) is 1.57. The number of carbonyl (C=O) groups excluding carboxylic acids is 1. The molecule has 2 N–H and O–H groups in total. The monoisotopic (exact) mass is 189 g/mol. The minimum absolute atomic E-state index is 0.579. The van der Waals surface area contributed by atoms with E-state index >= 15 is 0 Å². The van der Waals surface area contributed by atoms with Crippen LogP contribution in [0.25, 0.3) is 0 Å². The van der Waals surface area contributed by atoms with Crippen molar-refractivity contribution in [2.24, 2.45) is 0 Å². The lowest BCUT2D eigenvalue weighted by Crippen LogP contribution is -2.06. The Balaban J connectivity index is 3.50. The van der Waals surface area contributed by atoms with E-state index in [1.807, 2.05) is 0 Å². The number of benzene rings is 1. The van der Waals surface area contributed by atoms with Crippen LogP contribution in [0.3, 0.4) is 0 Å². The molecule has 0 spiro atoms. The van der Waals surface area contributed by atoms with E-state index in [1.54, 1.807) is 0 Å². The van der Waals surface area contributed by atoms with Crippen molar-refractivity contribution in [3.05, 3.63) is 29.1 Å². The Morgan fingerprint density at radius 3 is 2.31 bits per heavy atom. The summed E-state index contributed by atoms with van der Waals surface area (Å²) in [5, 5.41) is 0. The second kappa shape index (κ2) is 3.08. The van der Waals surface area contributed by atoms with E-state index in [1.165, 1.54) is 0 Å². The number of rotatable bonds is 1. The molecule has 5 heteroatoms. The molecule has 1 rings (SSSR count). The predicted octanol–water partition coefficient (Wildman–Crippen LogP) is 1.89. The maximum Gasteiger partial charge on any atom is 0.185 e. The van der Waals surface area contributed by atoms with Crippen molar-refractivity contribution in [3.63, 3.8) is 0 Å². The number of Topliss-reactive ketones (excluding diaryl/α,β-unsaturated/α-hetero) is 1. The quantitative estimate of drug-likeness (QED) is 0.416. The maximum atomic E-state index is 12.9. The molecule has 70 valence electrons. The first kappa shape index (κ1) is 9.57. The fourth-order valence-electron chi connectivity index (χ4n) is 0.865. The Bertz CT molecular complexity index is 376. The van der Waals surface area contributed by atoms with Gasteiger partial charge in [-0.2, -0.15) is 0 Å². The van der Waals surface area contributed by atoms with Gasteiger partial charge in [0.2, 0.25) is 0 Å². The summed E-state index contributed by atoms with van der Waals surface area (Å²) in [6, 6.07) is 0.579. The molecule has 0 aliphatic heterocycles. The maximum absolute atomic E-state index is 12.9. The Labute approximate surface area is 72.2 Å². The largest absolute Gasteiger partial charge is 0.394 e. The molecule has 0 amide bonds. The third-order valence-electron chi connectivity index (χ3n) is 1.57. The van der Waals surface area contributed by atoms with E-state index in [0.717, 1.165) is 6.92 Å². The van der Waals surface area contributed by atoms with Crippen molar-refractivity contribution in [1.29, 1.82) is 0 Å². The number of carbonyl (C=O) groups is 1. The van der Waals surface area contributed by atoms with Crippen LogP contribution in [0.2, 0.25) is 0 Å². The van der Waals surface area contributed by atoms with Gasteiger partial charge in [-0.25, -0.2) is 13.2 Å². The molecule has 1 aromatic rings. The molecule has 13 heavy (non-hydrogen) atoms. The minimum atomic E-state index is -1.52. The van der Waals surface area contributed by atoms with Crippen LogP contribution in [-0.2, 0) is 0 Å². The zero-order chi connectivity index (χ0) is 10.2. The molecule has 0 heterocycles. The summed E-state index contributed by atoms with van der Waals surface area (Å²) in [4.78, 5) is 10.7. The van der Waals surface area contributed by atoms with Crippen LogP contribution in [-0.4, -0.2) is 5.78 Å². The highest BCUT2D eigenvalue weighted by Gasteiger charge is 2.18. The fraction of sp³-hybridized carbons (Fsp3) is 0.125. The van der Waals surface area contributed by atoms with Crippen LogP contribution < -0.4 is 5.73 Å². The number of hydrogen-bond acceptors (Lipinski definition) is 2. The van der Waals surface area contributed by atoms with Crippen LogP contribution in [0, 0.1) is 17.5 Å². The van der Waals surface area contributed by atoms with E-state index in [9.17, 15) is 18.0 Å². The Kier molecular flexibility index (Phi) is 2.27. The highest BCUT2D eigenvalue weighted by molar-refractivity contribution is 5.94. The van der Waals surface area contributed by atoms with Gasteiger partial charge >= 0.3 is 0 Å². The summed E-state index contributed by atoms with van der Waals surface area (Å²) in [6.45, 7) is 1.01. The first-order valence-electron chi connectivity index (χ1n) is 3.39. The Morgan fingerprint density at radius 2 is 1.85 bits per heavy atom. The zero-order valence-corrected chi connectivity index (χ0v) is 6.70. The Hall–Kier alpha value is -1.52. The summed E-state index contributed by atoms with van der Waals surface area (Å²) >= 11 is 0. The topological polar surface area (TPSA) is 43.1 Å².